The summed E-state index contributed by atoms with van der Waals surface area (Å²) in [4.78, 5) is 15.7. The smallest absolute Gasteiger partial charge is 0.416 e. The molecular formula is C28H25F3N4O3S. The van der Waals surface area contributed by atoms with Gasteiger partial charge in [-0.3, -0.25) is 4.79 Å². The van der Waals surface area contributed by atoms with Crippen LogP contribution in [-0.2, 0) is 19.1 Å². The molecule has 4 aromatic rings. The molecule has 0 aliphatic heterocycles. The number of nitrogens with one attached hydrogen (secondary N) is 1. The molecule has 0 aliphatic rings. The summed E-state index contributed by atoms with van der Waals surface area (Å²) in [6, 6.07) is 22.6. The molecule has 1 heterocycles. The van der Waals surface area contributed by atoms with Crippen LogP contribution in [0.5, 0.6) is 17.2 Å². The predicted octanol–water partition coefficient (Wildman–Crippen LogP) is 5.89. The minimum Gasteiger partial charge on any atom is -0.457 e. The third kappa shape index (κ3) is 7.73. The van der Waals surface area contributed by atoms with E-state index in [4.69, 9.17) is 19.8 Å². The van der Waals surface area contributed by atoms with Gasteiger partial charge in [0.05, 0.1) is 11.3 Å². The van der Waals surface area contributed by atoms with E-state index >= 15 is 0 Å². The Morgan fingerprint density at radius 1 is 0.949 bits per heavy atom. The number of nitrogens with two attached hydrogens (primary N) is 2. The zero-order valence-corrected chi connectivity index (χ0v) is 21.4. The lowest BCUT2D eigenvalue weighted by Crippen LogP contribution is -2.18. The zero-order chi connectivity index (χ0) is 27.8. The SMILES string of the molecule is NSOc1ccc(CCNCc2cc(C(F)(F)F)ccc2Oc2ccc(-c3cccc(C(N)=O)n3)cc2)cc1. The normalized spacial score (nSPS) is 11.3. The van der Waals surface area contributed by atoms with Gasteiger partial charge >= 0.3 is 6.18 Å². The number of alkyl halides is 3. The fourth-order valence-corrected chi connectivity index (χ4v) is 3.99. The second kappa shape index (κ2) is 12.7. The van der Waals surface area contributed by atoms with Gasteiger partial charge in [0.15, 0.2) is 0 Å². The highest BCUT2D eigenvalue weighted by atomic mass is 32.2. The van der Waals surface area contributed by atoms with E-state index in [1.807, 2.05) is 12.1 Å². The standard InChI is InChI=1S/C28H25F3N4O3S/c29-28(30,31)21-8-13-26(20(16-21)17-34-15-14-18-4-9-23(10-5-18)38-39-33)37-22-11-6-19(7-12-22)24-2-1-3-25(35-24)27(32)36/h1-13,16,34H,14-15,17,33H2,(H2,32,36). The van der Waals surface area contributed by atoms with Crippen molar-refractivity contribution in [3.8, 4) is 28.5 Å². The molecule has 4 rings (SSSR count). The number of nitrogens with zero attached hydrogens (tertiary/aromatic N) is 1. The minimum atomic E-state index is -4.48. The van der Waals surface area contributed by atoms with Crippen LogP contribution in [0.15, 0.2) is 84.9 Å². The summed E-state index contributed by atoms with van der Waals surface area (Å²) >= 11 is 0.763. The first-order valence-electron chi connectivity index (χ1n) is 11.8. The van der Waals surface area contributed by atoms with Gasteiger partial charge in [-0.05, 0) is 85.3 Å². The number of benzene rings is 3. The number of hydrogen-bond donors (Lipinski definition) is 3. The maximum Gasteiger partial charge on any atom is 0.416 e. The molecule has 0 spiro atoms. The zero-order valence-electron chi connectivity index (χ0n) is 20.6. The van der Waals surface area contributed by atoms with E-state index in [2.05, 4.69) is 10.3 Å². The minimum absolute atomic E-state index is 0.145. The summed E-state index contributed by atoms with van der Waals surface area (Å²) in [5.41, 5.74) is 7.38. The third-order valence-corrected chi connectivity index (χ3v) is 6.03. The molecule has 5 N–H and O–H groups in total. The molecule has 11 heteroatoms. The number of primary amides is 1. The highest BCUT2D eigenvalue weighted by Crippen LogP contribution is 2.34. The van der Waals surface area contributed by atoms with Gasteiger partial charge in [-0.25, -0.2) is 10.1 Å². The van der Waals surface area contributed by atoms with Crippen molar-refractivity contribution in [2.75, 3.05) is 6.54 Å². The van der Waals surface area contributed by atoms with E-state index < -0.39 is 17.6 Å². The third-order valence-electron chi connectivity index (χ3n) is 5.74. The van der Waals surface area contributed by atoms with Crippen LogP contribution in [0.2, 0.25) is 0 Å². The molecule has 7 nitrogen and oxygen atoms in total. The molecule has 0 saturated heterocycles. The van der Waals surface area contributed by atoms with Crippen LogP contribution >= 0.6 is 12.2 Å². The molecule has 0 unspecified atom stereocenters. The van der Waals surface area contributed by atoms with Crippen LogP contribution in [0, 0.1) is 0 Å². The molecule has 1 amide bonds. The van der Waals surface area contributed by atoms with E-state index in [0.717, 1.165) is 35.5 Å². The number of pyridine rings is 1. The molecule has 0 bridgehead atoms. The second-order valence-corrected chi connectivity index (χ2v) is 8.83. The van der Waals surface area contributed by atoms with E-state index in [9.17, 15) is 18.0 Å². The second-order valence-electron chi connectivity index (χ2n) is 8.47. The topological polar surface area (TPSA) is 112 Å². The molecule has 0 atom stereocenters. The first-order chi connectivity index (χ1) is 18.7. The van der Waals surface area contributed by atoms with E-state index in [1.54, 1.807) is 48.5 Å². The number of amides is 1. The summed E-state index contributed by atoms with van der Waals surface area (Å²) in [6.07, 6.45) is -3.81. The Kier molecular flexibility index (Phi) is 9.07. The van der Waals surface area contributed by atoms with Crippen LogP contribution in [0.3, 0.4) is 0 Å². The van der Waals surface area contributed by atoms with Crippen molar-refractivity contribution in [1.82, 2.24) is 10.3 Å². The molecule has 1 aromatic heterocycles. The average Bonchev–Trinajstić information content (AvgIpc) is 2.93. The molecule has 39 heavy (non-hydrogen) atoms. The predicted molar refractivity (Wildman–Crippen MR) is 144 cm³/mol. The van der Waals surface area contributed by atoms with E-state index in [1.165, 1.54) is 12.1 Å². The van der Waals surface area contributed by atoms with Gasteiger partial charge < -0.3 is 20.0 Å². The van der Waals surface area contributed by atoms with Crippen molar-refractivity contribution in [1.29, 1.82) is 0 Å². The van der Waals surface area contributed by atoms with Crippen LogP contribution in [-0.4, -0.2) is 17.4 Å². The molecular weight excluding hydrogens is 529 g/mol. The fraction of sp³-hybridized carbons (Fsp3) is 0.143. The Labute approximate surface area is 227 Å². The Bertz CT molecular complexity index is 1420. The molecule has 0 saturated carbocycles. The van der Waals surface area contributed by atoms with Crippen molar-refractivity contribution in [2.45, 2.75) is 19.1 Å². The summed E-state index contributed by atoms with van der Waals surface area (Å²) < 4.78 is 51.3. The van der Waals surface area contributed by atoms with Crippen LogP contribution < -0.4 is 25.1 Å². The van der Waals surface area contributed by atoms with E-state index in [0.29, 0.717) is 41.5 Å². The number of carbonyl (C=O) groups is 1. The number of halogens is 3. The van der Waals surface area contributed by atoms with Crippen LogP contribution in [0.1, 0.15) is 27.2 Å². The molecule has 0 aliphatic carbocycles. The van der Waals surface area contributed by atoms with Crippen molar-refractivity contribution in [2.24, 2.45) is 10.9 Å². The summed E-state index contributed by atoms with van der Waals surface area (Å²) in [5, 5.41) is 8.47. The largest absolute Gasteiger partial charge is 0.457 e. The van der Waals surface area contributed by atoms with Gasteiger partial charge in [-0.15, -0.1) is 0 Å². The van der Waals surface area contributed by atoms with Crippen molar-refractivity contribution < 1.29 is 26.9 Å². The van der Waals surface area contributed by atoms with Gasteiger partial charge in [-0.1, -0.05) is 18.2 Å². The summed E-state index contributed by atoms with van der Waals surface area (Å²) in [6.45, 7) is 0.708. The number of ether oxygens (including phenoxy) is 1. The Hall–Kier alpha value is -4.06. The summed E-state index contributed by atoms with van der Waals surface area (Å²) in [7, 11) is 0. The maximum absolute atomic E-state index is 13.4. The first kappa shape index (κ1) is 28.0. The number of aromatic nitrogens is 1. The lowest BCUT2D eigenvalue weighted by molar-refractivity contribution is -0.137. The lowest BCUT2D eigenvalue weighted by Gasteiger charge is -2.15. The Balaban J connectivity index is 1.45. The van der Waals surface area contributed by atoms with E-state index in [-0.39, 0.29) is 12.2 Å². The quantitative estimate of drug-likeness (QED) is 0.120. The van der Waals surface area contributed by atoms with Gasteiger partial charge in [0.25, 0.3) is 5.91 Å². The van der Waals surface area contributed by atoms with Crippen LogP contribution in [0.4, 0.5) is 13.2 Å². The fourth-order valence-electron chi connectivity index (χ4n) is 3.77. The monoisotopic (exact) mass is 554 g/mol. The lowest BCUT2D eigenvalue weighted by atomic mass is 10.1. The summed E-state index contributed by atoms with van der Waals surface area (Å²) in [5.74, 6) is 0.740. The Morgan fingerprint density at radius 2 is 1.67 bits per heavy atom. The molecule has 0 radical (unpaired) electrons. The number of hydrogen-bond acceptors (Lipinski definition) is 7. The van der Waals surface area contributed by atoms with Gasteiger partial charge in [0, 0.05) is 17.7 Å². The van der Waals surface area contributed by atoms with Crippen LogP contribution in [0.25, 0.3) is 11.3 Å². The van der Waals surface area contributed by atoms with Gasteiger partial charge in [-0.2, -0.15) is 13.2 Å². The van der Waals surface area contributed by atoms with Crippen molar-refractivity contribution in [3.05, 3.63) is 107 Å². The maximum atomic E-state index is 13.4. The highest BCUT2D eigenvalue weighted by Gasteiger charge is 2.31. The Morgan fingerprint density at radius 3 is 2.33 bits per heavy atom. The first-order valence-corrected chi connectivity index (χ1v) is 12.6. The van der Waals surface area contributed by atoms with Crippen molar-refractivity contribution in [3.63, 3.8) is 0 Å². The number of carbonyl (C=O) groups excluding carboxylic acids is 1. The molecule has 202 valence electrons. The molecule has 0 fully saturated rings. The number of rotatable bonds is 11. The average molecular weight is 555 g/mol. The highest BCUT2D eigenvalue weighted by molar-refractivity contribution is 7.92. The van der Waals surface area contributed by atoms with Gasteiger partial charge in [0.2, 0.25) is 0 Å². The van der Waals surface area contributed by atoms with Gasteiger partial charge in [0.1, 0.15) is 35.2 Å². The molecule has 3 aromatic carbocycles. The van der Waals surface area contributed by atoms with Crippen molar-refractivity contribution >= 4 is 18.1 Å².